The lowest BCUT2D eigenvalue weighted by Crippen LogP contribution is -2.53. The van der Waals surface area contributed by atoms with Gasteiger partial charge >= 0.3 is 0 Å². The molecule has 0 unspecified atom stereocenters. The SMILES string of the molecule is CC(C)CN1CC2(CCN(C(=O)c3ccc4ccccc4n3)CC2)[C@]2(CCNC2=O)C1. The van der Waals surface area contributed by atoms with Gasteiger partial charge in [-0.15, -0.1) is 0 Å². The van der Waals surface area contributed by atoms with E-state index in [2.05, 4.69) is 29.0 Å². The highest BCUT2D eigenvalue weighted by molar-refractivity contribution is 5.95. The molecule has 3 saturated heterocycles. The van der Waals surface area contributed by atoms with Gasteiger partial charge in [0.2, 0.25) is 5.91 Å². The molecule has 164 valence electrons. The zero-order valence-electron chi connectivity index (χ0n) is 18.6. The van der Waals surface area contributed by atoms with Crippen LogP contribution in [0.1, 0.15) is 43.6 Å². The number of piperidine rings is 1. The Balaban J connectivity index is 1.35. The number of nitrogens with zero attached hydrogens (tertiary/aromatic N) is 3. The number of benzene rings is 1. The number of likely N-dealkylation sites (tertiary alicyclic amines) is 2. The monoisotopic (exact) mass is 420 g/mol. The molecule has 0 aliphatic carbocycles. The van der Waals surface area contributed by atoms with E-state index in [1.54, 1.807) is 0 Å². The number of pyridine rings is 1. The molecule has 1 atom stereocenters. The number of nitrogens with one attached hydrogen (secondary N) is 1. The highest BCUT2D eigenvalue weighted by Crippen LogP contribution is 2.56. The largest absolute Gasteiger partial charge is 0.356 e. The zero-order valence-corrected chi connectivity index (χ0v) is 18.6. The summed E-state index contributed by atoms with van der Waals surface area (Å²) in [7, 11) is 0. The van der Waals surface area contributed by atoms with Gasteiger partial charge < -0.3 is 15.1 Å². The van der Waals surface area contributed by atoms with Crippen molar-refractivity contribution in [1.82, 2.24) is 20.1 Å². The van der Waals surface area contributed by atoms with Crippen LogP contribution in [0.3, 0.4) is 0 Å². The number of rotatable bonds is 3. The van der Waals surface area contributed by atoms with Crippen LogP contribution in [0.4, 0.5) is 0 Å². The minimum Gasteiger partial charge on any atom is -0.356 e. The maximum Gasteiger partial charge on any atom is 0.272 e. The van der Waals surface area contributed by atoms with Gasteiger partial charge in [-0.3, -0.25) is 9.59 Å². The minimum atomic E-state index is -0.293. The van der Waals surface area contributed by atoms with Crippen molar-refractivity contribution in [2.45, 2.75) is 33.1 Å². The predicted octanol–water partition coefficient (Wildman–Crippen LogP) is 2.94. The second-order valence-electron chi connectivity index (χ2n) is 10.1. The van der Waals surface area contributed by atoms with Gasteiger partial charge in [-0.25, -0.2) is 4.98 Å². The first kappa shape index (κ1) is 20.4. The van der Waals surface area contributed by atoms with Gasteiger partial charge in [0, 0.05) is 50.1 Å². The third-order valence-electron chi connectivity index (χ3n) is 7.76. The molecule has 2 amide bonds. The van der Waals surface area contributed by atoms with E-state index in [9.17, 15) is 9.59 Å². The average molecular weight is 421 g/mol. The third kappa shape index (κ3) is 3.32. The molecule has 1 N–H and O–H groups in total. The quantitative estimate of drug-likeness (QED) is 0.829. The summed E-state index contributed by atoms with van der Waals surface area (Å²) < 4.78 is 0. The smallest absolute Gasteiger partial charge is 0.272 e. The van der Waals surface area contributed by atoms with E-state index < -0.39 is 0 Å². The molecule has 4 heterocycles. The molecular weight excluding hydrogens is 388 g/mol. The topological polar surface area (TPSA) is 65.5 Å². The highest BCUT2D eigenvalue weighted by Gasteiger charge is 2.63. The third-order valence-corrected chi connectivity index (χ3v) is 7.76. The molecule has 0 bridgehead atoms. The standard InChI is InChI=1S/C25H32N4O2/c1-18(2)15-28-16-24(25(17-28)9-12-26-23(25)31)10-13-29(14-11-24)22(30)21-8-7-19-5-3-4-6-20(19)27-21/h3-8,18H,9-17H2,1-2H3,(H,26,31)/t25-/m1/s1. The Morgan fingerprint density at radius 2 is 1.87 bits per heavy atom. The summed E-state index contributed by atoms with van der Waals surface area (Å²) in [4.78, 5) is 35.3. The highest BCUT2D eigenvalue weighted by atomic mass is 16.2. The number of hydrogen-bond acceptors (Lipinski definition) is 4. The van der Waals surface area contributed by atoms with Crippen LogP contribution in [-0.4, -0.2) is 65.9 Å². The second kappa shape index (κ2) is 7.59. The Labute approximate surface area is 184 Å². The van der Waals surface area contributed by atoms with Crippen LogP contribution < -0.4 is 5.32 Å². The molecular formula is C25H32N4O2. The van der Waals surface area contributed by atoms with Gasteiger partial charge in [0.1, 0.15) is 5.69 Å². The summed E-state index contributed by atoms with van der Waals surface area (Å²) in [6.07, 6.45) is 2.68. The van der Waals surface area contributed by atoms with Crippen LogP contribution in [0.25, 0.3) is 10.9 Å². The zero-order chi connectivity index (χ0) is 21.6. The lowest BCUT2D eigenvalue weighted by atomic mass is 9.60. The molecule has 3 fully saturated rings. The van der Waals surface area contributed by atoms with Crippen molar-refractivity contribution in [2.24, 2.45) is 16.7 Å². The number of aromatic nitrogens is 1. The van der Waals surface area contributed by atoms with Gasteiger partial charge in [-0.05, 0) is 37.3 Å². The maximum absolute atomic E-state index is 13.2. The summed E-state index contributed by atoms with van der Waals surface area (Å²) in [5, 5.41) is 4.16. The van der Waals surface area contributed by atoms with Gasteiger partial charge in [-0.1, -0.05) is 38.1 Å². The van der Waals surface area contributed by atoms with Gasteiger partial charge in [0.05, 0.1) is 10.9 Å². The first-order valence-corrected chi connectivity index (χ1v) is 11.6. The molecule has 0 radical (unpaired) electrons. The molecule has 1 aromatic heterocycles. The van der Waals surface area contributed by atoms with Crippen LogP contribution in [0.2, 0.25) is 0 Å². The van der Waals surface area contributed by atoms with Crippen molar-refractivity contribution >= 4 is 22.7 Å². The van der Waals surface area contributed by atoms with Crippen LogP contribution >= 0.6 is 0 Å². The molecule has 1 aromatic carbocycles. The molecule has 6 heteroatoms. The Bertz CT molecular complexity index is 1010. The number of amides is 2. The van der Waals surface area contributed by atoms with Crippen LogP contribution in [-0.2, 0) is 4.79 Å². The predicted molar refractivity (Wildman–Crippen MR) is 121 cm³/mol. The summed E-state index contributed by atoms with van der Waals surface area (Å²) in [5.74, 6) is 0.814. The first-order valence-electron chi connectivity index (χ1n) is 11.6. The van der Waals surface area contributed by atoms with Crippen molar-refractivity contribution in [3.63, 3.8) is 0 Å². The molecule has 2 spiro atoms. The number of carbonyl (C=O) groups is 2. The van der Waals surface area contributed by atoms with Gasteiger partial charge in [-0.2, -0.15) is 0 Å². The lowest BCUT2D eigenvalue weighted by Gasteiger charge is -2.46. The Morgan fingerprint density at radius 1 is 1.10 bits per heavy atom. The Hall–Kier alpha value is -2.47. The fourth-order valence-electron chi connectivity index (χ4n) is 6.28. The number of fused-ring (bicyclic) bond motifs is 2. The van der Waals surface area contributed by atoms with E-state index in [0.29, 0.717) is 24.7 Å². The van der Waals surface area contributed by atoms with Crippen molar-refractivity contribution < 1.29 is 9.59 Å². The van der Waals surface area contributed by atoms with E-state index in [0.717, 1.165) is 56.3 Å². The average Bonchev–Trinajstić information content (AvgIpc) is 3.27. The van der Waals surface area contributed by atoms with E-state index >= 15 is 0 Å². The molecule has 6 nitrogen and oxygen atoms in total. The number of carbonyl (C=O) groups excluding carboxylic acids is 2. The fraction of sp³-hybridized carbons (Fsp3) is 0.560. The van der Waals surface area contributed by atoms with Gasteiger partial charge in [0.15, 0.2) is 0 Å². The number of hydrogen-bond donors (Lipinski definition) is 1. The van der Waals surface area contributed by atoms with Gasteiger partial charge in [0.25, 0.3) is 5.91 Å². The fourth-order valence-corrected chi connectivity index (χ4v) is 6.28. The van der Waals surface area contributed by atoms with Crippen molar-refractivity contribution in [1.29, 1.82) is 0 Å². The van der Waals surface area contributed by atoms with E-state index in [1.165, 1.54) is 0 Å². The first-order chi connectivity index (χ1) is 14.9. The van der Waals surface area contributed by atoms with E-state index in [-0.39, 0.29) is 22.6 Å². The van der Waals surface area contributed by atoms with Crippen molar-refractivity contribution in [3.05, 3.63) is 42.1 Å². The van der Waals surface area contributed by atoms with Crippen LogP contribution in [0.15, 0.2) is 36.4 Å². The normalized spacial score (nSPS) is 25.8. The molecule has 0 saturated carbocycles. The van der Waals surface area contributed by atoms with Crippen LogP contribution in [0.5, 0.6) is 0 Å². The molecule has 31 heavy (non-hydrogen) atoms. The molecule has 2 aromatic rings. The minimum absolute atomic E-state index is 0.00237. The molecule has 3 aliphatic rings. The summed E-state index contributed by atoms with van der Waals surface area (Å²) >= 11 is 0. The summed E-state index contributed by atoms with van der Waals surface area (Å²) in [6.45, 7) is 9.50. The lowest BCUT2D eigenvalue weighted by molar-refractivity contribution is -0.133. The summed E-state index contributed by atoms with van der Waals surface area (Å²) in [6, 6.07) is 11.7. The Kier molecular flexibility index (Phi) is 5.00. The Morgan fingerprint density at radius 3 is 2.58 bits per heavy atom. The second-order valence-corrected chi connectivity index (χ2v) is 10.1. The molecule has 3 aliphatic heterocycles. The maximum atomic E-state index is 13.2. The van der Waals surface area contributed by atoms with Crippen LogP contribution in [0, 0.1) is 16.7 Å². The summed E-state index contributed by atoms with van der Waals surface area (Å²) in [5.41, 5.74) is 1.04. The van der Waals surface area contributed by atoms with E-state index in [4.69, 9.17) is 0 Å². The van der Waals surface area contributed by atoms with Crippen molar-refractivity contribution in [3.8, 4) is 0 Å². The van der Waals surface area contributed by atoms with E-state index in [1.807, 2.05) is 41.3 Å². The number of para-hydroxylation sites is 1. The van der Waals surface area contributed by atoms with Crippen molar-refractivity contribution in [2.75, 3.05) is 39.3 Å². The molecule has 5 rings (SSSR count).